The summed E-state index contributed by atoms with van der Waals surface area (Å²) in [5, 5.41) is 4.32. The fourth-order valence-corrected chi connectivity index (χ4v) is 3.94. The number of carbonyl (C=O) groups is 2. The lowest BCUT2D eigenvalue weighted by atomic mass is 10.1. The molecule has 3 aromatic rings. The van der Waals surface area contributed by atoms with E-state index in [1.165, 1.54) is 5.38 Å². The van der Waals surface area contributed by atoms with Crippen molar-refractivity contribution in [2.45, 2.75) is 13.8 Å². The number of nitrogens with one attached hydrogen (secondary N) is 1. The van der Waals surface area contributed by atoms with Crippen LogP contribution in [0.5, 0.6) is 0 Å². The van der Waals surface area contributed by atoms with E-state index in [9.17, 15) is 18.4 Å². The zero-order valence-electron chi connectivity index (χ0n) is 16.2. The molecule has 0 spiro atoms. The molecule has 2 N–H and O–H groups in total. The van der Waals surface area contributed by atoms with Crippen LogP contribution in [0.2, 0.25) is 0 Å². The standard InChI is InChI=1S/C20H19N3O5S2/c1-3-28-19(25)16-12-29-20(21-16)22-18(24)15-6-4-5-7-17(15)23(30(26)27)14-10-8-13(2)9-11-14/h4-12H,3H2,1-2H3,(H,26,27)(H,21,22,24). The lowest BCUT2D eigenvalue weighted by Gasteiger charge is -2.22. The maximum absolute atomic E-state index is 12.9. The average Bonchev–Trinajstić information content (AvgIpc) is 3.18. The number of ether oxygens (including phenoxy) is 1. The molecule has 1 heterocycles. The Morgan fingerprint density at radius 1 is 1.20 bits per heavy atom. The summed E-state index contributed by atoms with van der Waals surface area (Å²) in [4.78, 5) is 28.7. The average molecular weight is 446 g/mol. The quantitative estimate of drug-likeness (QED) is 0.418. The van der Waals surface area contributed by atoms with Crippen LogP contribution in [0, 0.1) is 6.92 Å². The van der Waals surface area contributed by atoms with Gasteiger partial charge in [-0.05, 0) is 38.1 Å². The maximum atomic E-state index is 12.9. The van der Waals surface area contributed by atoms with Gasteiger partial charge in [0.1, 0.15) is 0 Å². The van der Waals surface area contributed by atoms with Crippen molar-refractivity contribution in [2.75, 3.05) is 16.2 Å². The molecule has 8 nitrogen and oxygen atoms in total. The Morgan fingerprint density at radius 3 is 2.57 bits per heavy atom. The fraction of sp³-hybridized carbons (Fsp3) is 0.150. The van der Waals surface area contributed by atoms with Crippen LogP contribution in [0.25, 0.3) is 0 Å². The maximum Gasteiger partial charge on any atom is 0.357 e. The first kappa shape index (κ1) is 21.6. The molecule has 0 saturated heterocycles. The van der Waals surface area contributed by atoms with Gasteiger partial charge in [0.25, 0.3) is 17.2 Å². The molecule has 156 valence electrons. The fourth-order valence-electron chi connectivity index (χ4n) is 2.63. The van der Waals surface area contributed by atoms with Crippen LogP contribution in [0.4, 0.5) is 16.5 Å². The van der Waals surface area contributed by atoms with E-state index >= 15 is 0 Å². The molecule has 0 fully saturated rings. The molecular formula is C20H19N3O5S2. The third kappa shape index (κ3) is 4.90. The summed E-state index contributed by atoms with van der Waals surface area (Å²) in [6.45, 7) is 3.82. The first-order valence-corrected chi connectivity index (χ1v) is 10.9. The molecule has 3 rings (SSSR count). The largest absolute Gasteiger partial charge is 0.461 e. The van der Waals surface area contributed by atoms with Crippen LogP contribution in [-0.4, -0.2) is 32.2 Å². The number of esters is 1. The monoisotopic (exact) mass is 445 g/mol. The lowest BCUT2D eigenvalue weighted by molar-refractivity contribution is 0.0520. The number of thiazole rings is 1. The minimum atomic E-state index is -2.41. The Bertz CT molecular complexity index is 1080. The number of aryl methyl sites for hydroxylation is 1. The lowest BCUT2D eigenvalue weighted by Crippen LogP contribution is -2.23. The smallest absolute Gasteiger partial charge is 0.357 e. The van der Waals surface area contributed by atoms with E-state index in [4.69, 9.17) is 4.74 Å². The van der Waals surface area contributed by atoms with E-state index in [1.807, 2.05) is 19.1 Å². The molecule has 0 aliphatic heterocycles. The summed E-state index contributed by atoms with van der Waals surface area (Å²) in [7, 11) is 0. The van der Waals surface area contributed by atoms with Crippen LogP contribution in [0.3, 0.4) is 0 Å². The van der Waals surface area contributed by atoms with Crippen LogP contribution in [0.15, 0.2) is 53.9 Å². The van der Waals surface area contributed by atoms with Crippen molar-refractivity contribution in [3.05, 3.63) is 70.7 Å². The molecule has 1 unspecified atom stereocenters. The van der Waals surface area contributed by atoms with E-state index in [2.05, 4.69) is 10.3 Å². The minimum absolute atomic E-state index is 0.100. The highest BCUT2D eigenvalue weighted by Gasteiger charge is 2.22. The number of carbonyl (C=O) groups excluding carboxylic acids is 2. The number of nitrogens with zero attached hydrogens (tertiary/aromatic N) is 2. The Morgan fingerprint density at radius 2 is 1.90 bits per heavy atom. The normalized spacial score (nSPS) is 11.6. The van der Waals surface area contributed by atoms with Gasteiger partial charge in [0, 0.05) is 5.38 Å². The van der Waals surface area contributed by atoms with Gasteiger partial charge >= 0.3 is 5.97 Å². The molecule has 10 heteroatoms. The summed E-state index contributed by atoms with van der Waals surface area (Å²) in [5.41, 5.74) is 1.98. The molecule has 0 aliphatic rings. The molecule has 1 amide bonds. The summed E-state index contributed by atoms with van der Waals surface area (Å²) >= 11 is -1.33. The Kier molecular flexibility index (Phi) is 6.93. The second kappa shape index (κ2) is 9.61. The predicted octanol–water partition coefficient (Wildman–Crippen LogP) is 4.16. The third-order valence-electron chi connectivity index (χ3n) is 4.00. The summed E-state index contributed by atoms with van der Waals surface area (Å²) in [6, 6.07) is 13.5. The topological polar surface area (TPSA) is 109 Å². The van der Waals surface area contributed by atoms with E-state index < -0.39 is 23.1 Å². The molecule has 1 aromatic heterocycles. The van der Waals surface area contributed by atoms with Crippen molar-refractivity contribution >= 4 is 51.0 Å². The number of amides is 1. The molecule has 0 saturated carbocycles. The number of para-hydroxylation sites is 1. The predicted molar refractivity (Wildman–Crippen MR) is 117 cm³/mol. The second-order valence-corrected chi connectivity index (χ2v) is 7.77. The van der Waals surface area contributed by atoms with E-state index in [-0.39, 0.29) is 28.7 Å². The summed E-state index contributed by atoms with van der Waals surface area (Å²) in [5.74, 6) is -1.10. The highest BCUT2D eigenvalue weighted by atomic mass is 32.2. The van der Waals surface area contributed by atoms with Gasteiger partial charge in [0.15, 0.2) is 10.8 Å². The minimum Gasteiger partial charge on any atom is -0.461 e. The van der Waals surface area contributed by atoms with Crippen molar-refractivity contribution in [2.24, 2.45) is 0 Å². The van der Waals surface area contributed by atoms with Crippen LogP contribution < -0.4 is 9.62 Å². The Labute approximate surface area is 179 Å². The first-order chi connectivity index (χ1) is 14.4. The van der Waals surface area contributed by atoms with E-state index in [0.717, 1.165) is 21.2 Å². The molecule has 0 radical (unpaired) electrons. The second-order valence-electron chi connectivity index (χ2n) is 6.09. The molecular weight excluding hydrogens is 426 g/mol. The van der Waals surface area contributed by atoms with Crippen molar-refractivity contribution in [1.82, 2.24) is 4.98 Å². The van der Waals surface area contributed by atoms with Gasteiger partial charge in [-0.2, -0.15) is 0 Å². The zero-order valence-corrected chi connectivity index (χ0v) is 17.8. The van der Waals surface area contributed by atoms with Gasteiger partial charge in [-0.15, -0.1) is 11.3 Å². The third-order valence-corrected chi connectivity index (χ3v) is 5.48. The highest BCUT2D eigenvalue weighted by Crippen LogP contribution is 2.31. The molecule has 0 aliphatic carbocycles. The summed E-state index contributed by atoms with van der Waals surface area (Å²) < 4.78 is 28.0. The van der Waals surface area contributed by atoms with Gasteiger partial charge in [0.05, 0.1) is 23.5 Å². The summed E-state index contributed by atoms with van der Waals surface area (Å²) in [6.07, 6.45) is 0. The number of hydrogen-bond acceptors (Lipinski definition) is 6. The van der Waals surface area contributed by atoms with Crippen LogP contribution >= 0.6 is 11.3 Å². The van der Waals surface area contributed by atoms with Crippen LogP contribution in [-0.2, 0) is 16.0 Å². The van der Waals surface area contributed by atoms with Crippen molar-refractivity contribution in [1.29, 1.82) is 0 Å². The number of hydrogen-bond donors (Lipinski definition) is 2. The molecule has 1 atom stereocenters. The van der Waals surface area contributed by atoms with Crippen molar-refractivity contribution in [3.8, 4) is 0 Å². The number of rotatable bonds is 7. The van der Waals surface area contributed by atoms with E-state index in [0.29, 0.717) is 5.69 Å². The molecule has 0 bridgehead atoms. The molecule has 30 heavy (non-hydrogen) atoms. The van der Waals surface area contributed by atoms with Crippen molar-refractivity contribution in [3.63, 3.8) is 0 Å². The number of benzene rings is 2. The number of aromatic nitrogens is 1. The Hall–Kier alpha value is -3.08. The highest BCUT2D eigenvalue weighted by molar-refractivity contribution is 7.81. The molecule has 2 aromatic carbocycles. The SMILES string of the molecule is CCOC(=O)c1csc(NC(=O)c2ccccc2N(c2ccc(C)cc2)S(=O)O)n1. The Balaban J connectivity index is 1.90. The zero-order chi connectivity index (χ0) is 21.7. The van der Waals surface area contributed by atoms with Crippen molar-refractivity contribution < 1.29 is 23.1 Å². The van der Waals surface area contributed by atoms with Gasteiger partial charge < -0.3 is 4.74 Å². The van der Waals surface area contributed by atoms with Gasteiger partial charge in [-0.1, -0.05) is 29.8 Å². The van der Waals surface area contributed by atoms with E-state index in [1.54, 1.807) is 43.3 Å². The first-order valence-electron chi connectivity index (χ1n) is 8.91. The van der Waals surface area contributed by atoms with Crippen LogP contribution in [0.1, 0.15) is 33.3 Å². The van der Waals surface area contributed by atoms with Gasteiger partial charge in [-0.3, -0.25) is 14.7 Å². The van der Waals surface area contributed by atoms with Gasteiger partial charge in [0.2, 0.25) is 0 Å². The van der Waals surface area contributed by atoms with Gasteiger partial charge in [-0.25, -0.2) is 18.3 Å². The number of anilines is 3.